The summed E-state index contributed by atoms with van der Waals surface area (Å²) in [7, 11) is 9.91. The van der Waals surface area contributed by atoms with E-state index in [-0.39, 0.29) is 11.1 Å². The second-order valence-corrected chi connectivity index (χ2v) is 35.3. The van der Waals surface area contributed by atoms with E-state index < -0.39 is 27.4 Å². The molecule has 11 heterocycles. The monoisotopic (exact) mass is 1730 g/mol. The zero-order chi connectivity index (χ0) is 102. The molecule has 0 atom stereocenters. The van der Waals surface area contributed by atoms with Crippen molar-refractivity contribution in [3.63, 3.8) is 0 Å². The van der Waals surface area contributed by atoms with Gasteiger partial charge in [0.15, 0.2) is 47.7 Å². The molecule has 0 amide bonds. The van der Waals surface area contributed by atoms with Gasteiger partial charge in [-0.25, -0.2) is 37.8 Å². The third kappa shape index (κ3) is 17.3. The molecule has 0 fully saturated rings. The summed E-state index contributed by atoms with van der Waals surface area (Å²) >= 11 is 0. The number of furan rings is 3. The minimum atomic E-state index is -2.36. The van der Waals surface area contributed by atoms with E-state index in [0.29, 0.717) is 89.5 Å². The first-order valence-electron chi connectivity index (χ1n) is 50.5. The zero-order valence-corrected chi connectivity index (χ0v) is 78.0. The summed E-state index contributed by atoms with van der Waals surface area (Å²) < 4.78 is 127. The summed E-state index contributed by atoms with van der Waals surface area (Å²) in [4.78, 5) is 13.6. The Morgan fingerprint density at radius 3 is 1.18 bits per heavy atom. The van der Waals surface area contributed by atoms with Gasteiger partial charge in [0.25, 0.3) is 0 Å². The summed E-state index contributed by atoms with van der Waals surface area (Å²) in [5, 5.41) is 9.68. The number of hydrogen-bond donors (Lipinski definition) is 0. The highest BCUT2D eigenvalue weighted by atomic mass is 16.3. The predicted octanol–water partition coefficient (Wildman–Crippen LogP) is 28.1. The van der Waals surface area contributed by atoms with Crippen molar-refractivity contribution in [2.75, 3.05) is 0 Å². The number of benzene rings is 10. The van der Waals surface area contributed by atoms with Crippen LogP contribution in [0.15, 0.2) is 299 Å². The Morgan fingerprint density at radius 2 is 0.687 bits per heavy atom. The maximum absolute atomic E-state index is 8.17. The Morgan fingerprint density at radius 1 is 0.282 bits per heavy atom. The molecule has 0 unspecified atom stereocenters. The zero-order valence-electron chi connectivity index (χ0n) is 90.0. The molecular formula is C120H117N8O3+5. The summed E-state index contributed by atoms with van der Waals surface area (Å²) in [6, 6.07) is 85.3. The van der Waals surface area contributed by atoms with Gasteiger partial charge in [0, 0.05) is 113 Å². The van der Waals surface area contributed by atoms with Crippen LogP contribution in [0.2, 0.25) is 0 Å². The fraction of sp³-hybridized carbons (Fsp3) is 0.200. The topological polar surface area (TPSA) is 97.5 Å². The van der Waals surface area contributed by atoms with Crippen LogP contribution in [0.5, 0.6) is 0 Å². The molecule has 21 aromatic rings. The quantitative estimate of drug-likeness (QED) is 0.134. The molecule has 0 spiro atoms. The number of fused-ring (bicyclic) bond motifs is 11. The van der Waals surface area contributed by atoms with Crippen molar-refractivity contribution in [1.82, 2.24) is 15.0 Å². The van der Waals surface area contributed by atoms with Crippen molar-refractivity contribution in [2.45, 2.75) is 130 Å². The number of nitrogens with zero attached hydrogens (tertiary/aromatic N) is 8. The average Bonchev–Trinajstić information content (AvgIpc) is 1.59. The highest BCUT2D eigenvalue weighted by molar-refractivity contribution is 6.13. The Hall–Kier alpha value is -14.7. The summed E-state index contributed by atoms with van der Waals surface area (Å²) in [6.45, 7) is 20.0. The van der Waals surface area contributed by atoms with Crippen LogP contribution in [0.1, 0.15) is 131 Å². The predicted molar refractivity (Wildman–Crippen MR) is 542 cm³/mol. The summed E-state index contributed by atoms with van der Waals surface area (Å²) in [6.07, 6.45) is 9.69. The van der Waals surface area contributed by atoms with Crippen LogP contribution in [-0.2, 0) is 35.2 Å². The van der Waals surface area contributed by atoms with Crippen LogP contribution >= 0.6 is 0 Å². The second kappa shape index (κ2) is 36.5. The lowest BCUT2D eigenvalue weighted by molar-refractivity contribution is -0.660. The molecule has 10 aromatic carbocycles. The SMILES string of the molecule is Cc1cc(C)c(C)c(-c2c3ccc(C(C)C)cc3cc[n+]2C)c1.Cc1cc(C)c(C)c(-c2c3ccccc3cc[n+]2C)c1.[2H]C([2H])([2H])c1c[n+](C)c(-c2c(C)cc(C([2H])([2H])[2H])c3c2oc2nc(C)ccc23)cc1-c1ccccc1.[2H]C([2H])([2H])c1c[n+](C)c(-c2c(C)ccc3c2oc2nc(C)ccc23)cc1-c1ccccc1.[2H]C([2H])([2H])c1cc(C)c(-c2cc(-c3ccccc3)cc[n+]2C)c2oc3nc(C)ccc3c12. The molecule has 0 saturated heterocycles. The lowest BCUT2D eigenvalue weighted by atomic mass is 9.93. The molecule has 0 aliphatic carbocycles. The molecule has 11 heteroatoms. The fourth-order valence-corrected chi connectivity index (χ4v) is 18.4. The van der Waals surface area contributed by atoms with E-state index in [0.717, 1.165) is 94.7 Å². The van der Waals surface area contributed by atoms with Gasteiger partial charge >= 0.3 is 0 Å². The minimum absolute atomic E-state index is 0.202. The Balaban J connectivity index is 0.000000125. The van der Waals surface area contributed by atoms with E-state index in [9.17, 15) is 0 Å². The lowest BCUT2D eigenvalue weighted by Crippen LogP contribution is -2.31. The van der Waals surface area contributed by atoms with Crippen LogP contribution in [0.4, 0.5) is 0 Å². The number of hydrogen-bond acceptors (Lipinski definition) is 6. The van der Waals surface area contributed by atoms with Gasteiger partial charge in [0.05, 0.1) is 38.6 Å². The van der Waals surface area contributed by atoms with Crippen molar-refractivity contribution in [1.29, 1.82) is 0 Å². The van der Waals surface area contributed by atoms with Crippen molar-refractivity contribution in [3.8, 4) is 89.7 Å². The van der Waals surface area contributed by atoms with Gasteiger partial charge in [-0.2, -0.15) is 0 Å². The first-order valence-corrected chi connectivity index (χ1v) is 44.5. The minimum Gasteiger partial charge on any atom is -0.437 e. The van der Waals surface area contributed by atoms with Crippen LogP contribution in [-0.4, -0.2) is 15.0 Å². The van der Waals surface area contributed by atoms with Crippen molar-refractivity contribution in [3.05, 3.63) is 381 Å². The number of aryl methyl sites for hydroxylation is 19. The average molecular weight is 1730 g/mol. The van der Waals surface area contributed by atoms with Crippen LogP contribution in [0, 0.1) is 110 Å². The number of pyridine rings is 8. The van der Waals surface area contributed by atoms with Crippen LogP contribution in [0.25, 0.3) is 177 Å². The van der Waals surface area contributed by atoms with E-state index in [2.05, 4.69) is 221 Å². The molecule has 11 nitrogen and oxygen atoms in total. The van der Waals surface area contributed by atoms with E-state index in [4.69, 9.17) is 29.7 Å². The molecule has 11 aromatic heterocycles. The maximum Gasteiger partial charge on any atom is 0.227 e. The van der Waals surface area contributed by atoms with Gasteiger partial charge in [-0.3, -0.25) is 0 Å². The van der Waals surface area contributed by atoms with E-state index in [1.165, 1.54) is 83.0 Å². The normalized spacial score (nSPS) is 13.1. The van der Waals surface area contributed by atoms with Gasteiger partial charge < -0.3 is 13.3 Å². The summed E-state index contributed by atoms with van der Waals surface area (Å²) in [5.41, 5.74) is 34.2. The first-order chi connectivity index (χ1) is 67.8. The Labute approximate surface area is 786 Å². The molecule has 131 heavy (non-hydrogen) atoms. The highest BCUT2D eigenvalue weighted by Crippen LogP contribution is 2.44. The molecule has 0 bridgehead atoms. The third-order valence-corrected chi connectivity index (χ3v) is 25.5. The molecule has 21 rings (SSSR count). The lowest BCUT2D eigenvalue weighted by Gasteiger charge is -2.12. The second-order valence-electron chi connectivity index (χ2n) is 35.3. The molecule has 0 radical (unpaired) electrons. The van der Waals surface area contributed by atoms with Gasteiger partial charge in [-0.1, -0.05) is 183 Å². The van der Waals surface area contributed by atoms with E-state index in [1.54, 1.807) is 36.1 Å². The Bertz CT molecular complexity index is 8570. The van der Waals surface area contributed by atoms with Gasteiger partial charge in [0.1, 0.15) is 35.2 Å². The summed E-state index contributed by atoms with van der Waals surface area (Å²) in [5.74, 6) is 0.555. The van der Waals surface area contributed by atoms with Crippen molar-refractivity contribution in [2.24, 2.45) is 35.2 Å². The van der Waals surface area contributed by atoms with Crippen molar-refractivity contribution >= 4 is 87.8 Å². The molecule has 0 aliphatic heterocycles. The van der Waals surface area contributed by atoms with E-state index >= 15 is 0 Å². The van der Waals surface area contributed by atoms with Gasteiger partial charge in [0.2, 0.25) is 45.6 Å². The van der Waals surface area contributed by atoms with Crippen LogP contribution in [0.3, 0.4) is 0 Å². The largest absolute Gasteiger partial charge is 0.437 e. The van der Waals surface area contributed by atoms with Crippen molar-refractivity contribution < 1.29 is 52.5 Å². The number of aromatic nitrogens is 8. The smallest absolute Gasteiger partial charge is 0.227 e. The third-order valence-electron chi connectivity index (χ3n) is 25.5. The molecule has 0 N–H and O–H groups in total. The fourth-order valence-electron chi connectivity index (χ4n) is 18.4. The molecule has 0 saturated carbocycles. The van der Waals surface area contributed by atoms with Gasteiger partial charge in [-0.05, 0) is 277 Å². The number of rotatable bonds is 9. The molecule has 650 valence electrons. The molecule has 0 aliphatic rings. The molecular weight excluding hydrogens is 1600 g/mol. The van der Waals surface area contributed by atoms with E-state index in [1.807, 2.05) is 198 Å². The highest BCUT2D eigenvalue weighted by Gasteiger charge is 2.30. The Kier molecular flexibility index (Phi) is 20.7. The van der Waals surface area contributed by atoms with Gasteiger partial charge in [-0.15, -0.1) is 0 Å². The maximum atomic E-state index is 8.17. The first kappa shape index (κ1) is 74.3. The standard InChI is InChI=1S/C27H25N2O.2C26H23N2O.C22H26N.C19H20N/c1-16-13-17(2)25(26-24(16)21-12-11-19(4)28-27(21)30-26)23-14-22(18(3)15-29(23)5)20-9-7-6-8-10-20;1-16-10-12-20-21-13-11-18(3)27-26(21)29-25(20)24(16)23-14-22(17(2)15-28(23)4)19-8-6-5-7-9-19;1-16-14-17(2)24(25-23(16)21-11-10-18(3)27-26(21)29-25)22-15-20(12-13-28(22)4)19-8-6-5-7-9-19;1-14(2)18-7-8-20-19(13-18)9-10-23(6)22(20)21-12-15(3)11-16(4)17(21)5;1-13-11-14(2)15(3)18(12-13)19-17-8-6-5-7-16(17)9-10-20(19)4/h6-15H,1-5H3;2*5-15H,1-4H3;7-14H,1-6H3;5-12H,1-4H3/q5*+1/i1D3,3D3;2D3;1D3;;. The van der Waals surface area contributed by atoms with Crippen LogP contribution < -0.4 is 22.8 Å².